The number of nitrogens with two attached hydrogens (primary N) is 1. The van der Waals surface area contributed by atoms with E-state index in [4.69, 9.17) is 17.4 Å². The van der Waals surface area contributed by atoms with E-state index in [-0.39, 0.29) is 6.04 Å². The van der Waals surface area contributed by atoms with E-state index in [1.54, 1.807) is 0 Å². The molecule has 0 aromatic heterocycles. The van der Waals surface area contributed by atoms with Crippen molar-refractivity contribution in [1.29, 1.82) is 0 Å². The molecule has 0 aliphatic rings. The highest BCUT2D eigenvalue weighted by Gasteiger charge is 2.12. The van der Waals surface area contributed by atoms with Crippen LogP contribution in [0.25, 0.3) is 0 Å². The number of halogens is 1. The largest absolute Gasteiger partial charge is 0.271 e. The van der Waals surface area contributed by atoms with Crippen LogP contribution in [0.4, 0.5) is 0 Å². The van der Waals surface area contributed by atoms with Gasteiger partial charge in [0.05, 0.1) is 6.04 Å². The van der Waals surface area contributed by atoms with Crippen LogP contribution in [0.3, 0.4) is 0 Å². The van der Waals surface area contributed by atoms with Crippen LogP contribution in [0.2, 0.25) is 5.02 Å². The third-order valence-electron chi connectivity index (χ3n) is 3.62. The van der Waals surface area contributed by atoms with Gasteiger partial charge in [-0.2, -0.15) is 0 Å². The van der Waals surface area contributed by atoms with Crippen molar-refractivity contribution in [2.45, 2.75) is 32.7 Å². The fourth-order valence-electron chi connectivity index (χ4n) is 2.30. The Bertz CT molecular complexity index is 564. The minimum absolute atomic E-state index is 0.0705. The predicted octanol–water partition coefficient (Wildman–Crippen LogP) is 3.96. The molecule has 0 bridgehead atoms. The average molecular weight is 289 g/mol. The van der Waals surface area contributed by atoms with Crippen molar-refractivity contribution in [3.8, 4) is 0 Å². The summed E-state index contributed by atoms with van der Waals surface area (Å²) in [6, 6.07) is 14.8. The number of hydrazine groups is 1. The van der Waals surface area contributed by atoms with Gasteiger partial charge in [-0.25, -0.2) is 0 Å². The lowest BCUT2D eigenvalue weighted by molar-refractivity contribution is 0.552. The maximum absolute atomic E-state index is 6.30. The molecule has 0 saturated heterocycles. The first kappa shape index (κ1) is 15.0. The van der Waals surface area contributed by atoms with Gasteiger partial charge in [0.15, 0.2) is 0 Å². The Morgan fingerprint density at radius 2 is 1.85 bits per heavy atom. The molecule has 3 N–H and O–H groups in total. The highest BCUT2D eigenvalue weighted by atomic mass is 35.5. The van der Waals surface area contributed by atoms with E-state index in [0.717, 1.165) is 23.4 Å². The summed E-state index contributed by atoms with van der Waals surface area (Å²) < 4.78 is 0. The van der Waals surface area contributed by atoms with Crippen LogP contribution in [0.5, 0.6) is 0 Å². The Morgan fingerprint density at radius 1 is 1.15 bits per heavy atom. The van der Waals surface area contributed by atoms with Crippen LogP contribution in [0.1, 0.15) is 35.2 Å². The molecule has 0 aliphatic heterocycles. The van der Waals surface area contributed by atoms with E-state index in [2.05, 4.69) is 48.7 Å². The molecule has 0 spiro atoms. The predicted molar refractivity (Wildman–Crippen MR) is 85.8 cm³/mol. The Labute approximate surface area is 125 Å². The number of rotatable bonds is 5. The van der Waals surface area contributed by atoms with E-state index < -0.39 is 0 Å². The van der Waals surface area contributed by atoms with Crippen LogP contribution < -0.4 is 11.3 Å². The van der Waals surface area contributed by atoms with Crippen molar-refractivity contribution in [1.82, 2.24) is 5.43 Å². The van der Waals surface area contributed by atoms with E-state index in [1.807, 2.05) is 13.0 Å². The fourth-order valence-corrected chi connectivity index (χ4v) is 2.61. The van der Waals surface area contributed by atoms with Gasteiger partial charge in [-0.3, -0.25) is 11.3 Å². The maximum Gasteiger partial charge on any atom is 0.0500 e. The van der Waals surface area contributed by atoms with Crippen LogP contribution in [-0.4, -0.2) is 0 Å². The van der Waals surface area contributed by atoms with Crippen LogP contribution >= 0.6 is 11.6 Å². The minimum Gasteiger partial charge on any atom is -0.271 e. The van der Waals surface area contributed by atoms with Crippen molar-refractivity contribution < 1.29 is 0 Å². The zero-order valence-corrected chi connectivity index (χ0v) is 12.7. The maximum atomic E-state index is 6.30. The molecule has 0 heterocycles. The lowest BCUT2D eigenvalue weighted by Crippen LogP contribution is -2.29. The lowest BCUT2D eigenvalue weighted by atomic mass is 9.97. The first-order valence-electron chi connectivity index (χ1n) is 6.94. The highest BCUT2D eigenvalue weighted by Crippen LogP contribution is 2.24. The number of aryl methyl sites for hydroxylation is 2. The molecule has 0 saturated carbocycles. The van der Waals surface area contributed by atoms with Crippen molar-refractivity contribution in [3.05, 3.63) is 69.7 Å². The molecule has 0 fully saturated rings. The lowest BCUT2D eigenvalue weighted by Gasteiger charge is -2.18. The molecule has 2 aromatic carbocycles. The van der Waals surface area contributed by atoms with E-state index in [9.17, 15) is 0 Å². The summed E-state index contributed by atoms with van der Waals surface area (Å²) in [5.41, 5.74) is 7.68. The van der Waals surface area contributed by atoms with Gasteiger partial charge in [-0.15, -0.1) is 0 Å². The first-order chi connectivity index (χ1) is 9.63. The SMILES string of the molecule is CCc1ccc(C(Cc2ccc(C)cc2Cl)NN)cc1. The van der Waals surface area contributed by atoms with E-state index >= 15 is 0 Å². The summed E-state index contributed by atoms with van der Waals surface area (Å²) >= 11 is 6.30. The Kier molecular flexibility index (Phi) is 5.18. The topological polar surface area (TPSA) is 38.0 Å². The van der Waals surface area contributed by atoms with Gasteiger partial charge in [-0.1, -0.05) is 54.9 Å². The second kappa shape index (κ2) is 6.89. The summed E-state index contributed by atoms with van der Waals surface area (Å²) in [6.07, 6.45) is 1.83. The number of hydrogen-bond acceptors (Lipinski definition) is 2. The normalized spacial score (nSPS) is 12.4. The summed E-state index contributed by atoms with van der Waals surface area (Å²) in [6.45, 7) is 4.19. The van der Waals surface area contributed by atoms with Gasteiger partial charge in [-0.05, 0) is 48.1 Å². The second-order valence-corrected chi connectivity index (χ2v) is 5.52. The average Bonchev–Trinajstić information content (AvgIpc) is 2.47. The summed E-state index contributed by atoms with van der Waals surface area (Å²) in [7, 11) is 0. The van der Waals surface area contributed by atoms with Gasteiger partial charge < -0.3 is 0 Å². The molecule has 106 valence electrons. The zero-order chi connectivity index (χ0) is 14.5. The molecule has 1 unspecified atom stereocenters. The summed E-state index contributed by atoms with van der Waals surface area (Å²) in [5, 5.41) is 0.801. The second-order valence-electron chi connectivity index (χ2n) is 5.11. The molecule has 0 radical (unpaired) electrons. The monoisotopic (exact) mass is 288 g/mol. The summed E-state index contributed by atoms with van der Waals surface area (Å²) in [5.74, 6) is 5.71. The standard InChI is InChI=1S/C17H21ClN2/c1-3-13-5-8-14(9-6-13)17(20-19)11-15-7-4-12(2)10-16(15)18/h4-10,17,20H,3,11,19H2,1-2H3. The Morgan fingerprint density at radius 3 is 2.40 bits per heavy atom. The van der Waals surface area contributed by atoms with Gasteiger partial charge >= 0.3 is 0 Å². The Hall–Kier alpha value is -1.35. The molecule has 2 nitrogen and oxygen atoms in total. The third-order valence-corrected chi connectivity index (χ3v) is 3.98. The zero-order valence-electron chi connectivity index (χ0n) is 12.0. The quantitative estimate of drug-likeness (QED) is 0.646. The molecule has 0 aliphatic carbocycles. The molecule has 0 amide bonds. The van der Waals surface area contributed by atoms with Crippen molar-refractivity contribution in [2.75, 3.05) is 0 Å². The third kappa shape index (κ3) is 3.60. The van der Waals surface area contributed by atoms with Crippen molar-refractivity contribution in [3.63, 3.8) is 0 Å². The smallest absolute Gasteiger partial charge is 0.0500 e. The van der Waals surface area contributed by atoms with Gasteiger partial charge in [0.1, 0.15) is 0 Å². The van der Waals surface area contributed by atoms with E-state index in [0.29, 0.717) is 0 Å². The number of nitrogens with one attached hydrogen (secondary N) is 1. The van der Waals surface area contributed by atoms with Gasteiger partial charge in [0.2, 0.25) is 0 Å². The minimum atomic E-state index is 0.0705. The molecule has 2 rings (SSSR count). The van der Waals surface area contributed by atoms with E-state index in [1.165, 1.54) is 16.7 Å². The molecule has 3 heteroatoms. The van der Waals surface area contributed by atoms with Gasteiger partial charge in [0.25, 0.3) is 0 Å². The number of hydrogen-bond donors (Lipinski definition) is 2. The summed E-state index contributed by atoms with van der Waals surface area (Å²) in [4.78, 5) is 0. The van der Waals surface area contributed by atoms with Crippen molar-refractivity contribution in [2.24, 2.45) is 5.84 Å². The molecule has 2 aromatic rings. The van der Waals surface area contributed by atoms with Crippen LogP contribution in [0.15, 0.2) is 42.5 Å². The molecule has 1 atom stereocenters. The molecular weight excluding hydrogens is 268 g/mol. The van der Waals surface area contributed by atoms with Gasteiger partial charge in [0, 0.05) is 5.02 Å². The first-order valence-corrected chi connectivity index (χ1v) is 7.31. The number of benzene rings is 2. The molecule has 20 heavy (non-hydrogen) atoms. The van der Waals surface area contributed by atoms with Crippen LogP contribution in [0, 0.1) is 6.92 Å². The van der Waals surface area contributed by atoms with Crippen molar-refractivity contribution >= 4 is 11.6 Å². The molecular formula is C17H21ClN2. The Balaban J connectivity index is 2.19. The highest BCUT2D eigenvalue weighted by molar-refractivity contribution is 6.31. The fraction of sp³-hybridized carbons (Fsp3) is 0.294. The van der Waals surface area contributed by atoms with Crippen LogP contribution in [-0.2, 0) is 12.8 Å².